The van der Waals surface area contributed by atoms with Crippen LogP contribution >= 0.6 is 0 Å². The summed E-state index contributed by atoms with van der Waals surface area (Å²) in [7, 11) is 0. The van der Waals surface area contributed by atoms with Gasteiger partial charge in [-0.25, -0.2) is 0 Å². The van der Waals surface area contributed by atoms with E-state index in [1.807, 2.05) is 6.08 Å². The van der Waals surface area contributed by atoms with Crippen LogP contribution in [0.3, 0.4) is 0 Å². The summed E-state index contributed by atoms with van der Waals surface area (Å²) in [5, 5.41) is 8.41. The van der Waals surface area contributed by atoms with Gasteiger partial charge < -0.3 is 9.84 Å². The Bertz CT molecular complexity index is 106. The predicted octanol–water partition coefficient (Wildman–Crippen LogP) is 1.10. The second-order valence-corrected chi connectivity index (χ2v) is 2.52. The quantitative estimate of drug-likeness (QED) is 0.460. The fraction of sp³-hybridized carbons (Fsp3) is 0.750. The van der Waals surface area contributed by atoms with E-state index in [1.165, 1.54) is 0 Å². The number of aliphatic hydroxyl groups excluding tert-OH is 1. The molecule has 0 aromatic heterocycles. The molecule has 0 amide bonds. The number of hydrogen-bond acceptors (Lipinski definition) is 2. The van der Waals surface area contributed by atoms with Gasteiger partial charge in [-0.15, -0.1) is 0 Å². The van der Waals surface area contributed by atoms with Gasteiger partial charge in [0.05, 0.1) is 12.7 Å². The van der Waals surface area contributed by atoms with Gasteiger partial charge in [-0.05, 0) is 19.3 Å². The summed E-state index contributed by atoms with van der Waals surface area (Å²) in [5.74, 6) is 0. The number of aliphatic hydroxyl groups is 1. The molecule has 0 unspecified atom stereocenters. The molecule has 0 aromatic rings. The molecule has 2 heteroatoms. The maximum absolute atomic E-state index is 8.41. The molecular formula is C8H14O2. The van der Waals surface area contributed by atoms with Crippen LogP contribution in [0.4, 0.5) is 0 Å². The summed E-state index contributed by atoms with van der Waals surface area (Å²) in [5.41, 5.74) is 0. The Morgan fingerprint density at radius 1 is 1.40 bits per heavy atom. The Morgan fingerprint density at radius 3 is 2.70 bits per heavy atom. The van der Waals surface area contributed by atoms with Crippen LogP contribution in [0.5, 0.6) is 0 Å². The topological polar surface area (TPSA) is 32.8 Å². The third kappa shape index (κ3) is 3.64. The van der Waals surface area contributed by atoms with Crippen molar-refractivity contribution in [2.45, 2.75) is 25.4 Å². The van der Waals surface area contributed by atoms with E-state index in [0.29, 0.717) is 6.10 Å². The Labute approximate surface area is 61.5 Å². The largest absolute Gasteiger partial charge is 0.396 e. The average Bonchev–Trinajstić information content (AvgIpc) is 2.71. The minimum atomic E-state index is 0.260. The lowest BCUT2D eigenvalue weighted by molar-refractivity contribution is 0.302. The average molecular weight is 142 g/mol. The molecule has 1 fully saturated rings. The van der Waals surface area contributed by atoms with Gasteiger partial charge >= 0.3 is 0 Å². The van der Waals surface area contributed by atoms with Crippen LogP contribution in [0.15, 0.2) is 12.2 Å². The highest BCUT2D eigenvalue weighted by Crippen LogP contribution is 2.15. The summed E-state index contributed by atoms with van der Waals surface area (Å²) >= 11 is 0. The second kappa shape index (κ2) is 4.47. The zero-order valence-electron chi connectivity index (χ0n) is 6.12. The van der Waals surface area contributed by atoms with E-state index in [2.05, 4.69) is 6.08 Å². The third-order valence-corrected chi connectivity index (χ3v) is 1.52. The highest BCUT2D eigenvalue weighted by atomic mass is 16.6. The van der Waals surface area contributed by atoms with E-state index in [0.717, 1.165) is 25.9 Å². The highest BCUT2D eigenvalue weighted by molar-refractivity contribution is 4.83. The molecule has 1 saturated heterocycles. The molecule has 10 heavy (non-hydrogen) atoms. The molecule has 0 aliphatic carbocycles. The van der Waals surface area contributed by atoms with E-state index in [4.69, 9.17) is 9.84 Å². The van der Waals surface area contributed by atoms with Crippen LogP contribution in [0.25, 0.3) is 0 Å². The SMILES string of the molecule is OCC/C=C/CC[C@@H]1CO1. The monoisotopic (exact) mass is 142 g/mol. The van der Waals surface area contributed by atoms with E-state index < -0.39 is 0 Å². The summed E-state index contributed by atoms with van der Waals surface area (Å²) in [6.07, 6.45) is 7.68. The predicted molar refractivity (Wildman–Crippen MR) is 39.8 cm³/mol. The van der Waals surface area contributed by atoms with Gasteiger partial charge in [0, 0.05) is 6.61 Å². The smallest absolute Gasteiger partial charge is 0.0812 e. The molecule has 1 heterocycles. The van der Waals surface area contributed by atoms with Crippen molar-refractivity contribution in [3.63, 3.8) is 0 Å². The molecular weight excluding hydrogens is 128 g/mol. The molecule has 0 radical (unpaired) electrons. The molecule has 58 valence electrons. The van der Waals surface area contributed by atoms with Crippen molar-refractivity contribution < 1.29 is 9.84 Å². The Hall–Kier alpha value is -0.340. The van der Waals surface area contributed by atoms with E-state index in [-0.39, 0.29) is 6.61 Å². The first-order chi connectivity index (χ1) is 4.93. The fourth-order valence-corrected chi connectivity index (χ4v) is 0.827. The molecule has 0 aromatic carbocycles. The summed E-state index contributed by atoms with van der Waals surface area (Å²) in [6, 6.07) is 0. The van der Waals surface area contributed by atoms with Crippen molar-refractivity contribution in [2.75, 3.05) is 13.2 Å². The standard InChI is InChI=1S/C8H14O2/c9-6-4-2-1-3-5-8-7-10-8/h1-2,8-9H,3-7H2/b2-1+/t8-/m1/s1. The van der Waals surface area contributed by atoms with Gasteiger partial charge in [-0.1, -0.05) is 12.2 Å². The molecule has 2 nitrogen and oxygen atoms in total. The minimum Gasteiger partial charge on any atom is -0.396 e. The molecule has 1 aliphatic heterocycles. The maximum atomic E-state index is 8.41. The molecule has 1 rings (SSSR count). The molecule has 1 N–H and O–H groups in total. The molecule has 0 spiro atoms. The lowest BCUT2D eigenvalue weighted by Gasteiger charge is -1.87. The fourth-order valence-electron chi connectivity index (χ4n) is 0.827. The first-order valence-corrected chi connectivity index (χ1v) is 3.81. The Kier molecular flexibility index (Phi) is 3.47. The Morgan fingerprint density at radius 2 is 2.10 bits per heavy atom. The van der Waals surface area contributed by atoms with Crippen LogP contribution in [-0.4, -0.2) is 24.4 Å². The molecule has 1 atom stereocenters. The lowest BCUT2D eigenvalue weighted by Crippen LogP contribution is -1.82. The van der Waals surface area contributed by atoms with Gasteiger partial charge in [-0.3, -0.25) is 0 Å². The normalized spacial score (nSPS) is 23.9. The summed E-state index contributed by atoms with van der Waals surface area (Å²) in [4.78, 5) is 0. The number of allylic oxidation sites excluding steroid dienone is 1. The van der Waals surface area contributed by atoms with Crippen LogP contribution in [0, 0.1) is 0 Å². The zero-order valence-corrected chi connectivity index (χ0v) is 6.12. The third-order valence-electron chi connectivity index (χ3n) is 1.52. The second-order valence-electron chi connectivity index (χ2n) is 2.52. The first-order valence-electron chi connectivity index (χ1n) is 3.81. The minimum absolute atomic E-state index is 0.260. The van der Waals surface area contributed by atoms with E-state index >= 15 is 0 Å². The van der Waals surface area contributed by atoms with Gasteiger partial charge in [0.15, 0.2) is 0 Å². The van der Waals surface area contributed by atoms with E-state index in [9.17, 15) is 0 Å². The Balaban J connectivity index is 1.83. The van der Waals surface area contributed by atoms with Gasteiger partial charge in [0.1, 0.15) is 0 Å². The lowest BCUT2D eigenvalue weighted by atomic mass is 10.2. The van der Waals surface area contributed by atoms with Crippen LogP contribution in [-0.2, 0) is 4.74 Å². The number of rotatable bonds is 5. The molecule has 0 bridgehead atoms. The number of epoxide rings is 1. The van der Waals surface area contributed by atoms with E-state index in [1.54, 1.807) is 0 Å². The molecule has 0 saturated carbocycles. The van der Waals surface area contributed by atoms with Crippen molar-refractivity contribution >= 4 is 0 Å². The van der Waals surface area contributed by atoms with Crippen LogP contribution < -0.4 is 0 Å². The maximum Gasteiger partial charge on any atom is 0.0812 e. The highest BCUT2D eigenvalue weighted by Gasteiger charge is 2.20. The van der Waals surface area contributed by atoms with Crippen molar-refractivity contribution in [1.82, 2.24) is 0 Å². The number of hydrogen-bond donors (Lipinski definition) is 1. The van der Waals surface area contributed by atoms with Crippen molar-refractivity contribution in [2.24, 2.45) is 0 Å². The first kappa shape index (κ1) is 7.76. The molecule has 1 aliphatic rings. The summed E-state index contributed by atoms with van der Waals surface area (Å²) in [6.45, 7) is 1.21. The van der Waals surface area contributed by atoms with Crippen molar-refractivity contribution in [3.8, 4) is 0 Å². The van der Waals surface area contributed by atoms with Gasteiger partial charge in [-0.2, -0.15) is 0 Å². The van der Waals surface area contributed by atoms with Gasteiger partial charge in [0.25, 0.3) is 0 Å². The number of ether oxygens (including phenoxy) is 1. The summed E-state index contributed by atoms with van der Waals surface area (Å²) < 4.78 is 5.03. The van der Waals surface area contributed by atoms with Crippen molar-refractivity contribution in [1.29, 1.82) is 0 Å². The van der Waals surface area contributed by atoms with Gasteiger partial charge in [0.2, 0.25) is 0 Å². The van der Waals surface area contributed by atoms with Crippen LogP contribution in [0.1, 0.15) is 19.3 Å². The van der Waals surface area contributed by atoms with Crippen LogP contribution in [0.2, 0.25) is 0 Å². The van der Waals surface area contributed by atoms with Crippen molar-refractivity contribution in [3.05, 3.63) is 12.2 Å². The zero-order chi connectivity index (χ0) is 7.23.